The van der Waals surface area contributed by atoms with Crippen molar-refractivity contribution in [2.45, 2.75) is 52.1 Å². The fourth-order valence-corrected chi connectivity index (χ4v) is 2.74. The van der Waals surface area contributed by atoms with Crippen LogP contribution >= 0.6 is 0 Å². The molecule has 0 spiro atoms. The fraction of sp³-hybridized carbons (Fsp3) is 0.625. The highest BCUT2D eigenvalue weighted by molar-refractivity contribution is 5.57. The molecule has 0 heterocycles. The summed E-state index contributed by atoms with van der Waals surface area (Å²) in [5, 5.41) is 3.33. The van der Waals surface area contributed by atoms with E-state index in [-0.39, 0.29) is 11.9 Å². The maximum Gasteiger partial charge on any atom is 0.130 e. The zero-order valence-corrected chi connectivity index (χ0v) is 12.2. The van der Waals surface area contributed by atoms with Crippen molar-refractivity contribution < 1.29 is 4.39 Å². The number of nitrogens with zero attached hydrogens (tertiary/aromatic N) is 1. The van der Waals surface area contributed by atoms with E-state index in [9.17, 15) is 4.39 Å². The van der Waals surface area contributed by atoms with Crippen LogP contribution in [-0.2, 0) is 0 Å². The number of benzene rings is 1. The SMILES string of the molecule is CCCN(c1cccc(F)c1C(C)NCC)C1CC1. The zero-order valence-electron chi connectivity index (χ0n) is 12.2. The third kappa shape index (κ3) is 3.27. The van der Waals surface area contributed by atoms with Crippen LogP contribution in [0.5, 0.6) is 0 Å². The fourth-order valence-electron chi connectivity index (χ4n) is 2.74. The van der Waals surface area contributed by atoms with Gasteiger partial charge in [-0.25, -0.2) is 4.39 Å². The largest absolute Gasteiger partial charge is 0.368 e. The molecule has 1 aromatic rings. The van der Waals surface area contributed by atoms with E-state index < -0.39 is 0 Å². The molecule has 1 aliphatic rings. The number of hydrogen-bond donors (Lipinski definition) is 1. The molecule has 19 heavy (non-hydrogen) atoms. The maximum atomic E-state index is 14.2. The van der Waals surface area contributed by atoms with E-state index in [2.05, 4.69) is 30.1 Å². The summed E-state index contributed by atoms with van der Waals surface area (Å²) in [5.41, 5.74) is 1.91. The van der Waals surface area contributed by atoms with Crippen LogP contribution in [0.3, 0.4) is 0 Å². The van der Waals surface area contributed by atoms with Gasteiger partial charge < -0.3 is 10.2 Å². The van der Waals surface area contributed by atoms with Crippen LogP contribution in [0.15, 0.2) is 18.2 Å². The Balaban J connectivity index is 2.34. The lowest BCUT2D eigenvalue weighted by Crippen LogP contribution is -2.30. The highest BCUT2D eigenvalue weighted by atomic mass is 19.1. The summed E-state index contributed by atoms with van der Waals surface area (Å²) in [6.07, 6.45) is 3.58. The van der Waals surface area contributed by atoms with Crippen LogP contribution in [0.4, 0.5) is 10.1 Å². The first-order valence-electron chi connectivity index (χ1n) is 7.47. The third-order valence-electron chi connectivity index (χ3n) is 3.73. The van der Waals surface area contributed by atoms with Gasteiger partial charge in [-0.15, -0.1) is 0 Å². The molecule has 1 aromatic carbocycles. The zero-order chi connectivity index (χ0) is 13.8. The summed E-state index contributed by atoms with van der Waals surface area (Å²) < 4.78 is 14.2. The van der Waals surface area contributed by atoms with Gasteiger partial charge in [-0.3, -0.25) is 0 Å². The lowest BCUT2D eigenvalue weighted by Gasteiger charge is -2.29. The summed E-state index contributed by atoms with van der Waals surface area (Å²) in [7, 11) is 0. The Hall–Kier alpha value is -1.09. The first-order valence-corrected chi connectivity index (χ1v) is 7.47. The molecular weight excluding hydrogens is 239 g/mol. The van der Waals surface area contributed by atoms with Crippen LogP contribution in [0.1, 0.15) is 51.6 Å². The lowest BCUT2D eigenvalue weighted by atomic mass is 10.0. The monoisotopic (exact) mass is 264 g/mol. The summed E-state index contributed by atoms with van der Waals surface area (Å²) in [4.78, 5) is 2.40. The Morgan fingerprint density at radius 3 is 2.68 bits per heavy atom. The van der Waals surface area contributed by atoms with E-state index in [0.29, 0.717) is 6.04 Å². The Labute approximate surface area is 116 Å². The van der Waals surface area contributed by atoms with Gasteiger partial charge in [0, 0.05) is 29.9 Å². The number of anilines is 1. The molecule has 1 unspecified atom stereocenters. The lowest BCUT2D eigenvalue weighted by molar-refractivity contribution is 0.538. The van der Waals surface area contributed by atoms with Crippen molar-refractivity contribution in [1.82, 2.24) is 5.32 Å². The Morgan fingerprint density at radius 1 is 1.37 bits per heavy atom. The predicted molar refractivity (Wildman–Crippen MR) is 79.2 cm³/mol. The average Bonchev–Trinajstić information content (AvgIpc) is 3.20. The van der Waals surface area contributed by atoms with Crippen molar-refractivity contribution in [1.29, 1.82) is 0 Å². The Morgan fingerprint density at radius 2 is 2.11 bits per heavy atom. The van der Waals surface area contributed by atoms with Crippen LogP contribution in [-0.4, -0.2) is 19.1 Å². The number of halogens is 1. The molecule has 3 heteroatoms. The van der Waals surface area contributed by atoms with Gasteiger partial charge in [0.05, 0.1) is 0 Å². The van der Waals surface area contributed by atoms with Gasteiger partial charge in [0.2, 0.25) is 0 Å². The van der Waals surface area contributed by atoms with Gasteiger partial charge in [0.15, 0.2) is 0 Å². The van der Waals surface area contributed by atoms with Crippen molar-refractivity contribution in [3.8, 4) is 0 Å². The molecule has 1 atom stereocenters. The van der Waals surface area contributed by atoms with E-state index in [1.54, 1.807) is 6.07 Å². The van der Waals surface area contributed by atoms with Gasteiger partial charge in [-0.1, -0.05) is 19.9 Å². The van der Waals surface area contributed by atoms with E-state index in [1.165, 1.54) is 12.8 Å². The van der Waals surface area contributed by atoms with Crippen molar-refractivity contribution in [3.05, 3.63) is 29.6 Å². The highest BCUT2D eigenvalue weighted by Crippen LogP contribution is 2.36. The van der Waals surface area contributed by atoms with Gasteiger partial charge >= 0.3 is 0 Å². The first-order chi connectivity index (χ1) is 9.19. The highest BCUT2D eigenvalue weighted by Gasteiger charge is 2.31. The topological polar surface area (TPSA) is 15.3 Å². The summed E-state index contributed by atoms with van der Waals surface area (Å²) in [6.45, 7) is 8.15. The smallest absolute Gasteiger partial charge is 0.130 e. The molecule has 2 rings (SSSR count). The Bertz CT molecular complexity index is 415. The quantitative estimate of drug-likeness (QED) is 0.804. The second-order valence-electron chi connectivity index (χ2n) is 5.38. The maximum absolute atomic E-state index is 14.2. The number of hydrogen-bond acceptors (Lipinski definition) is 2. The summed E-state index contributed by atoms with van der Waals surface area (Å²) >= 11 is 0. The standard InChI is InChI=1S/C16H25FN2/c1-4-11-19(13-9-10-13)15-8-6-7-14(17)16(15)12(3)18-5-2/h6-8,12-13,18H,4-5,9-11H2,1-3H3. The molecule has 1 aliphatic carbocycles. The predicted octanol–water partition coefficient (Wildman–Crippen LogP) is 3.88. The molecule has 106 valence electrons. The van der Waals surface area contributed by atoms with Crippen LogP contribution in [0.2, 0.25) is 0 Å². The van der Waals surface area contributed by atoms with Crippen molar-refractivity contribution >= 4 is 5.69 Å². The third-order valence-corrected chi connectivity index (χ3v) is 3.73. The summed E-state index contributed by atoms with van der Waals surface area (Å²) in [5.74, 6) is -0.0901. The van der Waals surface area contributed by atoms with Gasteiger partial charge in [-0.2, -0.15) is 0 Å². The Kier molecular flexibility index (Phi) is 4.81. The van der Waals surface area contributed by atoms with E-state index in [0.717, 1.165) is 30.8 Å². The van der Waals surface area contributed by atoms with Gasteiger partial charge in [0.1, 0.15) is 5.82 Å². The van der Waals surface area contributed by atoms with E-state index >= 15 is 0 Å². The van der Waals surface area contributed by atoms with Crippen molar-refractivity contribution in [2.75, 3.05) is 18.0 Å². The number of nitrogens with one attached hydrogen (secondary N) is 1. The molecule has 1 saturated carbocycles. The minimum atomic E-state index is -0.0901. The van der Waals surface area contributed by atoms with Crippen molar-refractivity contribution in [2.24, 2.45) is 0 Å². The van der Waals surface area contributed by atoms with E-state index in [4.69, 9.17) is 0 Å². The molecule has 2 nitrogen and oxygen atoms in total. The van der Waals surface area contributed by atoms with E-state index in [1.807, 2.05) is 13.0 Å². The average molecular weight is 264 g/mol. The molecule has 0 amide bonds. The van der Waals surface area contributed by atoms with Crippen molar-refractivity contribution in [3.63, 3.8) is 0 Å². The molecule has 0 saturated heterocycles. The van der Waals surface area contributed by atoms with Crippen LogP contribution in [0.25, 0.3) is 0 Å². The van der Waals surface area contributed by atoms with Gasteiger partial charge in [0.25, 0.3) is 0 Å². The molecule has 0 bridgehead atoms. The second kappa shape index (κ2) is 6.38. The molecular formula is C16H25FN2. The van der Waals surface area contributed by atoms with Crippen LogP contribution in [0, 0.1) is 5.82 Å². The summed E-state index contributed by atoms with van der Waals surface area (Å²) in [6, 6.07) is 6.15. The molecule has 1 N–H and O–H groups in total. The normalized spacial score (nSPS) is 16.4. The minimum absolute atomic E-state index is 0.0549. The molecule has 0 aromatic heterocycles. The molecule has 0 radical (unpaired) electrons. The first kappa shape index (κ1) is 14.3. The van der Waals surface area contributed by atoms with Gasteiger partial charge in [-0.05, 0) is 44.9 Å². The van der Waals surface area contributed by atoms with Crippen LogP contribution < -0.4 is 10.2 Å². The minimum Gasteiger partial charge on any atom is -0.368 e. The number of rotatable bonds is 7. The second-order valence-corrected chi connectivity index (χ2v) is 5.38. The molecule has 1 fully saturated rings. The molecule has 0 aliphatic heterocycles.